The molecule has 37 heavy (non-hydrogen) atoms. The number of aliphatic carboxylic acids is 1. The standard InChI is InChI=1S/C24H45IO12/c25-5-6-29-7-8-30-9-10-31-11-12-32-13-14-33-15-16-34-17-18-35-19-20-36-21-22-37-24(28)4-2-1-3-23(26)27/h1-22H2,(H,26,27). The Kier molecular flexibility index (Phi) is 31.0. The van der Waals surface area contributed by atoms with Gasteiger partial charge in [-0.25, -0.2) is 0 Å². The third-order valence-electron chi connectivity index (χ3n) is 4.34. The second-order valence-corrected chi connectivity index (χ2v) is 8.49. The number of carboxylic acid groups (broad SMARTS) is 1. The fraction of sp³-hybridized carbons (Fsp3) is 0.917. The van der Waals surface area contributed by atoms with E-state index in [1.807, 2.05) is 0 Å². The number of carbonyl (C=O) groups excluding carboxylic acids is 1. The molecule has 220 valence electrons. The molecule has 0 saturated carbocycles. The van der Waals surface area contributed by atoms with Gasteiger partial charge in [-0.2, -0.15) is 0 Å². The van der Waals surface area contributed by atoms with Crippen LogP contribution in [0.4, 0.5) is 0 Å². The molecule has 0 aromatic heterocycles. The highest BCUT2D eigenvalue weighted by molar-refractivity contribution is 14.1. The Morgan fingerprint density at radius 1 is 0.459 bits per heavy atom. The maximum atomic E-state index is 11.4. The lowest BCUT2D eigenvalue weighted by molar-refractivity contribution is -0.146. The zero-order valence-electron chi connectivity index (χ0n) is 21.9. The Bertz CT molecular complexity index is 498. The topological polar surface area (TPSA) is 137 Å². The van der Waals surface area contributed by atoms with Crippen LogP contribution in [0.25, 0.3) is 0 Å². The van der Waals surface area contributed by atoms with Gasteiger partial charge in [0.15, 0.2) is 0 Å². The summed E-state index contributed by atoms with van der Waals surface area (Å²) in [5.41, 5.74) is 0. The lowest BCUT2D eigenvalue weighted by atomic mass is 10.2. The van der Waals surface area contributed by atoms with E-state index in [4.69, 9.17) is 47.7 Å². The van der Waals surface area contributed by atoms with Crippen LogP contribution < -0.4 is 0 Å². The number of unbranched alkanes of at least 4 members (excludes halogenated alkanes) is 1. The minimum Gasteiger partial charge on any atom is -0.481 e. The number of ether oxygens (including phenoxy) is 9. The predicted molar refractivity (Wildman–Crippen MR) is 143 cm³/mol. The Hall–Kier alpha value is -0.650. The van der Waals surface area contributed by atoms with Gasteiger partial charge >= 0.3 is 11.9 Å². The van der Waals surface area contributed by atoms with Crippen molar-refractivity contribution in [3.05, 3.63) is 0 Å². The van der Waals surface area contributed by atoms with Gasteiger partial charge in [0.1, 0.15) is 6.61 Å². The second kappa shape index (κ2) is 31.6. The van der Waals surface area contributed by atoms with Gasteiger partial charge in [-0.15, -0.1) is 0 Å². The van der Waals surface area contributed by atoms with Crippen LogP contribution in [-0.2, 0) is 52.2 Å². The molecule has 0 saturated heterocycles. The van der Waals surface area contributed by atoms with E-state index >= 15 is 0 Å². The van der Waals surface area contributed by atoms with Crippen LogP contribution in [0.1, 0.15) is 25.7 Å². The van der Waals surface area contributed by atoms with Gasteiger partial charge in [0, 0.05) is 17.3 Å². The lowest BCUT2D eigenvalue weighted by Crippen LogP contribution is -2.15. The molecule has 0 radical (unpaired) electrons. The van der Waals surface area contributed by atoms with E-state index in [9.17, 15) is 9.59 Å². The first-order valence-corrected chi connectivity index (χ1v) is 14.2. The highest BCUT2D eigenvalue weighted by atomic mass is 127. The maximum Gasteiger partial charge on any atom is 0.305 e. The summed E-state index contributed by atoms with van der Waals surface area (Å²) in [4.78, 5) is 21.8. The van der Waals surface area contributed by atoms with Crippen LogP contribution in [0.3, 0.4) is 0 Å². The fourth-order valence-corrected chi connectivity index (χ4v) is 2.84. The van der Waals surface area contributed by atoms with E-state index < -0.39 is 5.97 Å². The van der Waals surface area contributed by atoms with Crippen molar-refractivity contribution in [3.63, 3.8) is 0 Å². The van der Waals surface area contributed by atoms with Crippen LogP contribution in [-0.4, -0.2) is 134 Å². The molecule has 0 aromatic rings. The highest BCUT2D eigenvalue weighted by Gasteiger charge is 2.04. The molecule has 0 rings (SSSR count). The lowest BCUT2D eigenvalue weighted by Gasteiger charge is -2.09. The van der Waals surface area contributed by atoms with Crippen molar-refractivity contribution < 1.29 is 57.3 Å². The van der Waals surface area contributed by atoms with E-state index in [0.29, 0.717) is 112 Å². The molecule has 13 heteroatoms. The molecule has 0 atom stereocenters. The van der Waals surface area contributed by atoms with Crippen molar-refractivity contribution in [1.29, 1.82) is 0 Å². The number of hydrogen-bond acceptors (Lipinski definition) is 11. The number of carbonyl (C=O) groups is 2. The summed E-state index contributed by atoms with van der Waals surface area (Å²) in [7, 11) is 0. The van der Waals surface area contributed by atoms with Crippen LogP contribution in [0.15, 0.2) is 0 Å². The molecule has 0 unspecified atom stereocenters. The molecular weight excluding hydrogens is 607 g/mol. The van der Waals surface area contributed by atoms with E-state index in [2.05, 4.69) is 22.6 Å². The molecule has 0 aliphatic rings. The Morgan fingerprint density at radius 3 is 1.08 bits per heavy atom. The number of halogens is 1. The third-order valence-corrected chi connectivity index (χ3v) is 4.78. The SMILES string of the molecule is O=C(O)CCCCC(=O)OCCOCCOCCOCCOCCOCCOCCOCCOCCI. The predicted octanol–water partition coefficient (Wildman–Crippen LogP) is 1.74. The van der Waals surface area contributed by atoms with Crippen molar-refractivity contribution in [2.24, 2.45) is 0 Å². The van der Waals surface area contributed by atoms with E-state index in [0.717, 1.165) is 11.0 Å². The number of esters is 1. The van der Waals surface area contributed by atoms with Gasteiger partial charge in [-0.1, -0.05) is 22.6 Å². The number of rotatable bonds is 31. The summed E-state index contributed by atoms with van der Waals surface area (Å²) in [6, 6.07) is 0. The summed E-state index contributed by atoms with van der Waals surface area (Å²) in [5.74, 6) is -1.20. The van der Waals surface area contributed by atoms with Crippen molar-refractivity contribution in [3.8, 4) is 0 Å². The third kappa shape index (κ3) is 33.3. The molecule has 12 nitrogen and oxygen atoms in total. The fourth-order valence-electron chi connectivity index (χ4n) is 2.53. The molecule has 1 N–H and O–H groups in total. The van der Waals surface area contributed by atoms with Crippen LogP contribution >= 0.6 is 22.6 Å². The quantitative estimate of drug-likeness (QED) is 0.0506. The molecule has 0 aliphatic carbocycles. The highest BCUT2D eigenvalue weighted by Crippen LogP contribution is 2.01. The molecule has 0 bridgehead atoms. The van der Waals surface area contributed by atoms with Gasteiger partial charge in [0.25, 0.3) is 0 Å². The Balaban J connectivity index is 3.09. The zero-order valence-corrected chi connectivity index (χ0v) is 24.0. The van der Waals surface area contributed by atoms with Crippen LogP contribution in [0.2, 0.25) is 0 Å². The normalized spacial score (nSPS) is 11.2. The zero-order chi connectivity index (χ0) is 27.1. The molecule has 0 aromatic carbocycles. The van der Waals surface area contributed by atoms with E-state index in [-0.39, 0.29) is 25.4 Å². The molecule has 0 heterocycles. The summed E-state index contributed by atoms with van der Waals surface area (Å²) < 4.78 is 49.0. The van der Waals surface area contributed by atoms with E-state index in [1.165, 1.54) is 0 Å². The second-order valence-electron chi connectivity index (χ2n) is 7.41. The van der Waals surface area contributed by atoms with Crippen molar-refractivity contribution >= 4 is 34.5 Å². The van der Waals surface area contributed by atoms with Gasteiger partial charge in [0.05, 0.1) is 106 Å². The van der Waals surface area contributed by atoms with Crippen LogP contribution in [0.5, 0.6) is 0 Å². The minimum absolute atomic E-state index is 0.0650. The van der Waals surface area contributed by atoms with Gasteiger partial charge < -0.3 is 47.7 Å². The average Bonchev–Trinajstić information content (AvgIpc) is 2.88. The smallest absolute Gasteiger partial charge is 0.305 e. The van der Waals surface area contributed by atoms with Gasteiger partial charge in [-0.05, 0) is 12.8 Å². The van der Waals surface area contributed by atoms with Crippen LogP contribution in [0, 0.1) is 0 Å². The van der Waals surface area contributed by atoms with Crippen molar-refractivity contribution in [2.45, 2.75) is 25.7 Å². The van der Waals surface area contributed by atoms with Crippen molar-refractivity contribution in [1.82, 2.24) is 0 Å². The van der Waals surface area contributed by atoms with Crippen molar-refractivity contribution in [2.75, 3.05) is 117 Å². The largest absolute Gasteiger partial charge is 0.481 e. The average molecular weight is 653 g/mol. The summed E-state index contributed by atoms with van der Waals surface area (Å²) in [5, 5.41) is 8.52. The molecule has 0 spiro atoms. The molecular formula is C24H45IO12. The molecule has 0 aliphatic heterocycles. The molecule has 0 fully saturated rings. The number of hydrogen-bond donors (Lipinski definition) is 1. The minimum atomic E-state index is -0.859. The monoisotopic (exact) mass is 652 g/mol. The Morgan fingerprint density at radius 2 is 0.757 bits per heavy atom. The first kappa shape index (κ1) is 36.4. The van der Waals surface area contributed by atoms with E-state index in [1.54, 1.807) is 0 Å². The van der Waals surface area contributed by atoms with Gasteiger partial charge in [0.2, 0.25) is 0 Å². The summed E-state index contributed by atoms with van der Waals surface area (Å²) in [6.07, 6.45) is 1.26. The number of alkyl halides is 1. The molecule has 0 amide bonds. The number of carboxylic acids is 1. The summed E-state index contributed by atoms with van der Waals surface area (Å²) >= 11 is 2.27. The Labute approximate surface area is 234 Å². The summed E-state index contributed by atoms with van der Waals surface area (Å²) in [6.45, 7) is 8.25. The van der Waals surface area contributed by atoms with Gasteiger partial charge in [-0.3, -0.25) is 9.59 Å². The first-order valence-electron chi connectivity index (χ1n) is 12.7. The first-order chi connectivity index (χ1) is 18.2. The maximum absolute atomic E-state index is 11.4.